The van der Waals surface area contributed by atoms with Crippen LogP contribution in [0.15, 0.2) is 24.3 Å². The predicted molar refractivity (Wildman–Crippen MR) is 48.7 cm³/mol. The standard InChI is InChI=1S/C9H9ClO3/c1-12-6-13-9(11)7-2-4-8(10)5-3-7/h2-5H,6H2,1H3. The first-order valence-corrected chi connectivity index (χ1v) is 4.03. The van der Waals surface area contributed by atoms with Gasteiger partial charge in [0.25, 0.3) is 0 Å². The Hall–Kier alpha value is -1.06. The summed E-state index contributed by atoms with van der Waals surface area (Å²) in [5.74, 6) is -0.418. The van der Waals surface area contributed by atoms with Crippen molar-refractivity contribution >= 4 is 17.6 Å². The Kier molecular flexibility index (Phi) is 3.73. The zero-order valence-corrected chi connectivity index (χ0v) is 7.88. The second-order valence-electron chi connectivity index (χ2n) is 2.35. The second kappa shape index (κ2) is 4.84. The van der Waals surface area contributed by atoms with E-state index in [0.717, 1.165) is 0 Å². The Morgan fingerprint density at radius 3 is 2.54 bits per heavy atom. The van der Waals surface area contributed by atoms with Gasteiger partial charge in [-0.25, -0.2) is 4.79 Å². The van der Waals surface area contributed by atoms with Crippen molar-refractivity contribution in [1.82, 2.24) is 0 Å². The average molecular weight is 201 g/mol. The van der Waals surface area contributed by atoms with Crippen LogP contribution in [0.1, 0.15) is 10.4 Å². The molecule has 0 spiro atoms. The molecule has 0 bridgehead atoms. The predicted octanol–water partition coefficient (Wildman–Crippen LogP) is 2.10. The van der Waals surface area contributed by atoms with E-state index in [0.29, 0.717) is 10.6 Å². The van der Waals surface area contributed by atoms with Gasteiger partial charge in [0.2, 0.25) is 0 Å². The van der Waals surface area contributed by atoms with Crippen LogP contribution in [-0.4, -0.2) is 19.9 Å². The van der Waals surface area contributed by atoms with Gasteiger partial charge >= 0.3 is 5.97 Å². The highest BCUT2D eigenvalue weighted by molar-refractivity contribution is 6.30. The minimum absolute atomic E-state index is 0.0402. The van der Waals surface area contributed by atoms with Crippen LogP contribution >= 0.6 is 11.6 Å². The third-order valence-corrected chi connectivity index (χ3v) is 1.64. The number of halogens is 1. The minimum atomic E-state index is -0.418. The fourth-order valence-electron chi connectivity index (χ4n) is 0.782. The molecule has 0 aromatic heterocycles. The topological polar surface area (TPSA) is 35.5 Å². The van der Waals surface area contributed by atoms with Gasteiger partial charge in [0, 0.05) is 12.1 Å². The van der Waals surface area contributed by atoms with Gasteiger partial charge in [-0.1, -0.05) is 11.6 Å². The summed E-state index contributed by atoms with van der Waals surface area (Å²) < 4.78 is 9.30. The third kappa shape index (κ3) is 3.05. The van der Waals surface area contributed by atoms with Crippen LogP contribution < -0.4 is 0 Å². The van der Waals surface area contributed by atoms with Gasteiger partial charge in [0.1, 0.15) is 0 Å². The van der Waals surface area contributed by atoms with Gasteiger partial charge in [0.05, 0.1) is 5.56 Å². The van der Waals surface area contributed by atoms with Gasteiger partial charge in [-0.05, 0) is 24.3 Å². The van der Waals surface area contributed by atoms with E-state index in [4.69, 9.17) is 16.3 Å². The van der Waals surface area contributed by atoms with Crippen molar-refractivity contribution in [2.75, 3.05) is 13.9 Å². The molecule has 0 fully saturated rings. The maximum absolute atomic E-state index is 11.2. The van der Waals surface area contributed by atoms with Crippen molar-refractivity contribution in [3.63, 3.8) is 0 Å². The molecule has 0 aliphatic carbocycles. The molecule has 0 saturated heterocycles. The summed E-state index contributed by atoms with van der Waals surface area (Å²) in [6.07, 6.45) is 0. The molecule has 0 amide bonds. The lowest BCUT2D eigenvalue weighted by Crippen LogP contribution is -2.06. The first-order valence-electron chi connectivity index (χ1n) is 3.65. The number of rotatable bonds is 3. The third-order valence-electron chi connectivity index (χ3n) is 1.39. The van der Waals surface area contributed by atoms with Gasteiger partial charge < -0.3 is 9.47 Å². The van der Waals surface area contributed by atoms with E-state index in [2.05, 4.69) is 4.74 Å². The van der Waals surface area contributed by atoms with E-state index in [1.807, 2.05) is 0 Å². The normalized spacial score (nSPS) is 9.69. The van der Waals surface area contributed by atoms with Crippen LogP contribution in [0.5, 0.6) is 0 Å². The zero-order valence-electron chi connectivity index (χ0n) is 7.12. The number of hydrogen-bond acceptors (Lipinski definition) is 3. The number of hydrogen-bond donors (Lipinski definition) is 0. The Labute approximate surface area is 81.2 Å². The van der Waals surface area contributed by atoms with Crippen LogP contribution in [0.4, 0.5) is 0 Å². The van der Waals surface area contributed by atoms with Crippen molar-refractivity contribution in [2.24, 2.45) is 0 Å². The molecule has 0 heterocycles. The Bertz CT molecular complexity index is 281. The van der Waals surface area contributed by atoms with Crippen LogP contribution in [-0.2, 0) is 9.47 Å². The van der Waals surface area contributed by atoms with Crippen LogP contribution in [0, 0.1) is 0 Å². The molecule has 0 aliphatic rings. The summed E-state index contributed by atoms with van der Waals surface area (Å²) >= 11 is 5.64. The Balaban J connectivity index is 2.61. The molecule has 13 heavy (non-hydrogen) atoms. The van der Waals surface area contributed by atoms with Gasteiger partial charge in [-0.3, -0.25) is 0 Å². The van der Waals surface area contributed by atoms with E-state index in [1.165, 1.54) is 7.11 Å². The van der Waals surface area contributed by atoms with Gasteiger partial charge in [-0.15, -0.1) is 0 Å². The van der Waals surface area contributed by atoms with Crippen molar-refractivity contribution < 1.29 is 14.3 Å². The van der Waals surface area contributed by atoms with E-state index < -0.39 is 5.97 Å². The maximum Gasteiger partial charge on any atom is 0.340 e. The Morgan fingerprint density at radius 1 is 1.38 bits per heavy atom. The molecule has 70 valence electrons. The summed E-state index contributed by atoms with van der Waals surface area (Å²) in [7, 11) is 1.45. The van der Waals surface area contributed by atoms with E-state index in [1.54, 1.807) is 24.3 Å². The molecule has 0 saturated carbocycles. The minimum Gasteiger partial charge on any atom is -0.435 e. The van der Waals surface area contributed by atoms with Crippen molar-refractivity contribution in [1.29, 1.82) is 0 Å². The second-order valence-corrected chi connectivity index (χ2v) is 2.78. The summed E-state index contributed by atoms with van der Waals surface area (Å²) in [5, 5.41) is 0.586. The smallest absolute Gasteiger partial charge is 0.340 e. The van der Waals surface area contributed by atoms with Crippen molar-refractivity contribution in [3.05, 3.63) is 34.9 Å². The first-order chi connectivity index (χ1) is 6.24. The van der Waals surface area contributed by atoms with Crippen LogP contribution in [0.25, 0.3) is 0 Å². The highest BCUT2D eigenvalue weighted by atomic mass is 35.5. The number of methoxy groups -OCH3 is 1. The molecule has 4 heteroatoms. The lowest BCUT2D eigenvalue weighted by atomic mass is 10.2. The Morgan fingerprint density at radius 2 is 2.00 bits per heavy atom. The number of carbonyl (C=O) groups is 1. The highest BCUT2D eigenvalue weighted by Gasteiger charge is 2.05. The molecule has 0 N–H and O–H groups in total. The summed E-state index contributed by atoms with van der Waals surface area (Å²) in [5.41, 5.74) is 0.460. The maximum atomic E-state index is 11.2. The van der Waals surface area contributed by atoms with Gasteiger partial charge in [-0.2, -0.15) is 0 Å². The highest BCUT2D eigenvalue weighted by Crippen LogP contribution is 2.10. The molecular formula is C9H9ClO3. The lowest BCUT2D eigenvalue weighted by Gasteiger charge is -2.02. The summed E-state index contributed by atoms with van der Waals surface area (Å²) in [6.45, 7) is -0.0402. The molecule has 1 aromatic carbocycles. The van der Waals surface area contributed by atoms with E-state index in [9.17, 15) is 4.79 Å². The fourth-order valence-corrected chi connectivity index (χ4v) is 0.908. The van der Waals surface area contributed by atoms with Crippen LogP contribution in [0.2, 0.25) is 5.02 Å². The quantitative estimate of drug-likeness (QED) is 0.554. The number of benzene rings is 1. The summed E-state index contributed by atoms with van der Waals surface area (Å²) in [6, 6.07) is 6.45. The largest absolute Gasteiger partial charge is 0.435 e. The fraction of sp³-hybridized carbons (Fsp3) is 0.222. The average Bonchev–Trinajstić information content (AvgIpc) is 2.15. The van der Waals surface area contributed by atoms with Crippen molar-refractivity contribution in [2.45, 2.75) is 0 Å². The molecule has 0 atom stereocenters. The number of ether oxygens (including phenoxy) is 2. The molecule has 3 nitrogen and oxygen atoms in total. The van der Waals surface area contributed by atoms with Gasteiger partial charge in [0.15, 0.2) is 6.79 Å². The molecule has 1 rings (SSSR count). The molecule has 0 aliphatic heterocycles. The molecular weight excluding hydrogens is 192 g/mol. The summed E-state index contributed by atoms with van der Waals surface area (Å²) in [4.78, 5) is 11.2. The van der Waals surface area contributed by atoms with E-state index >= 15 is 0 Å². The molecule has 1 aromatic rings. The zero-order chi connectivity index (χ0) is 9.68. The monoisotopic (exact) mass is 200 g/mol. The van der Waals surface area contributed by atoms with Crippen molar-refractivity contribution in [3.8, 4) is 0 Å². The number of esters is 1. The number of carbonyl (C=O) groups excluding carboxylic acids is 1. The van der Waals surface area contributed by atoms with E-state index in [-0.39, 0.29) is 6.79 Å². The molecule has 0 unspecified atom stereocenters. The lowest BCUT2D eigenvalue weighted by molar-refractivity contribution is -0.0124. The molecule has 0 radical (unpaired) electrons. The van der Waals surface area contributed by atoms with Crippen LogP contribution in [0.3, 0.4) is 0 Å². The SMILES string of the molecule is COCOC(=O)c1ccc(Cl)cc1. The first kappa shape index (κ1) is 10.0.